The fraction of sp³-hybridized carbons (Fsp3) is 0.308. The third-order valence-corrected chi connectivity index (χ3v) is 3.84. The zero-order valence-corrected chi connectivity index (χ0v) is 11.5. The van der Waals surface area contributed by atoms with Gasteiger partial charge in [0.2, 0.25) is 0 Å². The first-order chi connectivity index (χ1) is 9.00. The van der Waals surface area contributed by atoms with Crippen LogP contribution in [0.15, 0.2) is 39.8 Å². The third-order valence-electron chi connectivity index (χ3n) is 2.72. The number of sulfone groups is 1. The van der Waals surface area contributed by atoms with Crippen molar-refractivity contribution in [3.63, 3.8) is 0 Å². The van der Waals surface area contributed by atoms with E-state index in [0.717, 1.165) is 12.0 Å². The van der Waals surface area contributed by atoms with Crippen molar-refractivity contribution in [1.29, 1.82) is 0 Å². The molecular formula is C13H16N2O3S. The maximum atomic E-state index is 11.4. The van der Waals surface area contributed by atoms with Crippen molar-refractivity contribution in [2.75, 3.05) is 12.8 Å². The molecule has 0 atom stereocenters. The minimum Gasteiger partial charge on any atom is -0.441 e. The van der Waals surface area contributed by atoms with E-state index in [2.05, 4.69) is 4.98 Å². The van der Waals surface area contributed by atoms with Gasteiger partial charge in [0.05, 0.1) is 11.1 Å². The summed E-state index contributed by atoms with van der Waals surface area (Å²) in [4.78, 5) is 4.45. The van der Waals surface area contributed by atoms with Gasteiger partial charge in [0.15, 0.2) is 21.5 Å². The molecule has 2 rings (SSSR count). The van der Waals surface area contributed by atoms with Gasteiger partial charge in [-0.2, -0.15) is 0 Å². The smallest absolute Gasteiger partial charge is 0.194 e. The molecule has 0 aliphatic rings. The van der Waals surface area contributed by atoms with E-state index in [1.165, 1.54) is 6.26 Å². The zero-order valence-electron chi connectivity index (χ0n) is 10.7. The summed E-state index contributed by atoms with van der Waals surface area (Å²) in [5.41, 5.74) is 6.23. The molecule has 102 valence electrons. The summed E-state index contributed by atoms with van der Waals surface area (Å²) >= 11 is 0. The van der Waals surface area contributed by atoms with Crippen LogP contribution in [0.4, 0.5) is 0 Å². The predicted octanol–water partition coefficient (Wildman–Crippen LogP) is 1.64. The molecule has 6 heteroatoms. The van der Waals surface area contributed by atoms with E-state index in [1.807, 2.05) is 0 Å². The molecule has 0 aliphatic carbocycles. The van der Waals surface area contributed by atoms with Crippen molar-refractivity contribution in [3.8, 4) is 11.3 Å². The van der Waals surface area contributed by atoms with Crippen LogP contribution < -0.4 is 5.73 Å². The molecule has 1 heterocycles. The summed E-state index contributed by atoms with van der Waals surface area (Å²) in [6, 6.07) is 6.55. The largest absolute Gasteiger partial charge is 0.441 e. The average Bonchev–Trinajstić information content (AvgIpc) is 2.84. The van der Waals surface area contributed by atoms with Crippen LogP contribution in [-0.2, 0) is 16.3 Å². The minimum atomic E-state index is -3.17. The van der Waals surface area contributed by atoms with Gasteiger partial charge in [0, 0.05) is 18.2 Å². The third kappa shape index (κ3) is 3.42. The van der Waals surface area contributed by atoms with Crippen LogP contribution in [0, 0.1) is 0 Å². The lowest BCUT2D eigenvalue weighted by molar-refractivity contribution is 0.499. The quantitative estimate of drug-likeness (QED) is 0.899. The van der Waals surface area contributed by atoms with E-state index >= 15 is 0 Å². The van der Waals surface area contributed by atoms with Gasteiger partial charge < -0.3 is 10.2 Å². The molecule has 0 unspecified atom stereocenters. The highest BCUT2D eigenvalue weighted by molar-refractivity contribution is 7.90. The number of aromatic nitrogens is 1. The van der Waals surface area contributed by atoms with E-state index in [4.69, 9.17) is 10.2 Å². The maximum absolute atomic E-state index is 11.4. The van der Waals surface area contributed by atoms with Crippen LogP contribution in [0.2, 0.25) is 0 Å². The van der Waals surface area contributed by atoms with Crippen molar-refractivity contribution >= 4 is 9.84 Å². The number of rotatable bonds is 5. The summed E-state index contributed by atoms with van der Waals surface area (Å²) in [5, 5.41) is 0. The molecule has 5 nitrogen and oxygen atoms in total. The molecule has 2 aromatic rings. The minimum absolute atomic E-state index is 0.291. The molecule has 0 saturated heterocycles. The maximum Gasteiger partial charge on any atom is 0.194 e. The summed E-state index contributed by atoms with van der Waals surface area (Å²) in [7, 11) is -3.17. The fourth-order valence-electron chi connectivity index (χ4n) is 1.68. The van der Waals surface area contributed by atoms with Crippen LogP contribution in [0.3, 0.4) is 0 Å². The number of oxazole rings is 1. The SMILES string of the molecule is CS(=O)(=O)c1ccc(-c2cnc(CCCN)o2)cc1. The molecule has 0 fully saturated rings. The average molecular weight is 280 g/mol. The summed E-state index contributed by atoms with van der Waals surface area (Å²) in [6.07, 6.45) is 4.35. The Kier molecular flexibility index (Phi) is 4.01. The first kappa shape index (κ1) is 13.8. The van der Waals surface area contributed by atoms with Crippen molar-refractivity contribution in [3.05, 3.63) is 36.4 Å². The Balaban J connectivity index is 2.20. The zero-order chi connectivity index (χ0) is 13.9. The van der Waals surface area contributed by atoms with E-state index in [1.54, 1.807) is 30.5 Å². The molecule has 1 aromatic heterocycles. The van der Waals surface area contributed by atoms with Crippen LogP contribution in [0.5, 0.6) is 0 Å². The summed E-state index contributed by atoms with van der Waals surface area (Å²) in [6.45, 7) is 0.598. The molecule has 0 saturated carbocycles. The topological polar surface area (TPSA) is 86.2 Å². The van der Waals surface area contributed by atoms with Gasteiger partial charge >= 0.3 is 0 Å². The number of aryl methyl sites for hydroxylation is 1. The molecular weight excluding hydrogens is 264 g/mol. The Morgan fingerprint density at radius 3 is 2.53 bits per heavy atom. The number of nitrogens with zero attached hydrogens (tertiary/aromatic N) is 1. The van der Waals surface area contributed by atoms with E-state index < -0.39 is 9.84 Å². The summed E-state index contributed by atoms with van der Waals surface area (Å²) < 4.78 is 28.3. The second kappa shape index (κ2) is 5.54. The summed E-state index contributed by atoms with van der Waals surface area (Å²) in [5.74, 6) is 1.28. The van der Waals surface area contributed by atoms with Crippen LogP contribution >= 0.6 is 0 Å². The number of nitrogens with two attached hydrogens (primary N) is 1. The van der Waals surface area contributed by atoms with Crippen LogP contribution in [0.1, 0.15) is 12.3 Å². The lowest BCUT2D eigenvalue weighted by Gasteiger charge is -2.00. The van der Waals surface area contributed by atoms with E-state index in [9.17, 15) is 8.42 Å². The lowest BCUT2D eigenvalue weighted by Crippen LogP contribution is -2.00. The van der Waals surface area contributed by atoms with Crippen molar-refractivity contribution < 1.29 is 12.8 Å². The molecule has 1 aromatic carbocycles. The number of benzene rings is 1. The molecule has 0 radical (unpaired) electrons. The second-order valence-corrected chi connectivity index (χ2v) is 6.32. The van der Waals surface area contributed by atoms with E-state index in [0.29, 0.717) is 29.5 Å². The van der Waals surface area contributed by atoms with Gasteiger partial charge in [-0.25, -0.2) is 13.4 Å². The van der Waals surface area contributed by atoms with Crippen molar-refractivity contribution in [1.82, 2.24) is 4.98 Å². The Morgan fingerprint density at radius 2 is 1.95 bits per heavy atom. The van der Waals surface area contributed by atoms with Crippen LogP contribution in [0.25, 0.3) is 11.3 Å². The molecule has 0 spiro atoms. The van der Waals surface area contributed by atoms with Gasteiger partial charge in [-0.15, -0.1) is 0 Å². The van der Waals surface area contributed by atoms with Gasteiger partial charge in [-0.05, 0) is 37.2 Å². The molecule has 0 aliphatic heterocycles. The van der Waals surface area contributed by atoms with Gasteiger partial charge in [0.25, 0.3) is 0 Å². The first-order valence-corrected chi connectivity index (χ1v) is 7.85. The number of hydrogen-bond acceptors (Lipinski definition) is 5. The standard InChI is InChI=1S/C13H16N2O3S/c1-19(16,17)11-6-4-10(5-7-11)12-9-15-13(18-12)3-2-8-14/h4-7,9H,2-3,8,14H2,1H3. The fourth-order valence-corrected chi connectivity index (χ4v) is 2.31. The van der Waals surface area contributed by atoms with Gasteiger partial charge in [-0.1, -0.05) is 0 Å². The normalized spacial score (nSPS) is 11.7. The highest BCUT2D eigenvalue weighted by atomic mass is 32.2. The lowest BCUT2D eigenvalue weighted by atomic mass is 10.2. The molecule has 19 heavy (non-hydrogen) atoms. The Morgan fingerprint density at radius 1 is 1.26 bits per heavy atom. The molecule has 0 bridgehead atoms. The molecule has 2 N–H and O–H groups in total. The molecule has 0 amide bonds. The highest BCUT2D eigenvalue weighted by Crippen LogP contribution is 2.22. The van der Waals surface area contributed by atoms with Gasteiger partial charge in [0.1, 0.15) is 0 Å². The highest BCUT2D eigenvalue weighted by Gasteiger charge is 2.09. The Hall–Kier alpha value is -1.66. The van der Waals surface area contributed by atoms with Crippen molar-refractivity contribution in [2.24, 2.45) is 5.73 Å². The van der Waals surface area contributed by atoms with Gasteiger partial charge in [-0.3, -0.25) is 0 Å². The monoisotopic (exact) mass is 280 g/mol. The Labute approximate surface area is 112 Å². The predicted molar refractivity (Wildman–Crippen MR) is 72.4 cm³/mol. The van der Waals surface area contributed by atoms with Crippen LogP contribution in [-0.4, -0.2) is 26.2 Å². The first-order valence-electron chi connectivity index (χ1n) is 5.96. The Bertz CT molecular complexity index is 645. The second-order valence-electron chi connectivity index (χ2n) is 4.31. The number of hydrogen-bond donors (Lipinski definition) is 1. The van der Waals surface area contributed by atoms with E-state index in [-0.39, 0.29) is 0 Å². The van der Waals surface area contributed by atoms with Crippen molar-refractivity contribution in [2.45, 2.75) is 17.7 Å².